The van der Waals surface area contributed by atoms with Crippen molar-refractivity contribution in [2.24, 2.45) is 0 Å². The molecule has 0 saturated heterocycles. The minimum atomic E-state index is -0.478. The van der Waals surface area contributed by atoms with E-state index >= 15 is 0 Å². The van der Waals surface area contributed by atoms with Gasteiger partial charge in [0, 0.05) is 14.5 Å². The predicted molar refractivity (Wildman–Crippen MR) is 91.6 cm³/mol. The molecule has 3 nitrogen and oxygen atoms in total. The van der Waals surface area contributed by atoms with Crippen molar-refractivity contribution in [1.29, 1.82) is 0 Å². The molecule has 5 heteroatoms. The first-order valence-corrected chi connectivity index (χ1v) is 8.18. The molecule has 1 aliphatic rings. The Labute approximate surface area is 145 Å². The van der Waals surface area contributed by atoms with Crippen LogP contribution in [0.4, 0.5) is 0 Å². The van der Waals surface area contributed by atoms with Crippen LogP contribution in [0.3, 0.4) is 0 Å². The zero-order chi connectivity index (χ0) is 15.7. The fourth-order valence-electron chi connectivity index (χ4n) is 2.34. The third-order valence-electron chi connectivity index (χ3n) is 3.40. The number of hydrogen-bond acceptors (Lipinski definition) is 3. The fourth-order valence-corrected chi connectivity index (χ4v) is 2.99. The number of rotatable bonds is 2. The molecule has 0 N–H and O–H groups in total. The topological polar surface area (TPSA) is 35.5 Å². The SMILES string of the molecule is COC(=O)C1=Cc2cc(Br)ccc2OC1c1ccc(Br)cc1. The number of benzene rings is 2. The quantitative estimate of drug-likeness (QED) is 0.644. The molecule has 0 fully saturated rings. The lowest BCUT2D eigenvalue weighted by atomic mass is 9.96. The Bertz CT molecular complexity index is 751. The summed E-state index contributed by atoms with van der Waals surface area (Å²) in [6.45, 7) is 0. The highest BCUT2D eigenvalue weighted by Gasteiger charge is 2.29. The highest BCUT2D eigenvalue weighted by atomic mass is 79.9. The lowest BCUT2D eigenvalue weighted by molar-refractivity contribution is -0.137. The van der Waals surface area contributed by atoms with E-state index in [2.05, 4.69) is 31.9 Å². The summed E-state index contributed by atoms with van der Waals surface area (Å²) in [7, 11) is 1.37. The van der Waals surface area contributed by atoms with Gasteiger partial charge in [0.25, 0.3) is 0 Å². The lowest BCUT2D eigenvalue weighted by Crippen LogP contribution is -2.21. The van der Waals surface area contributed by atoms with E-state index in [1.54, 1.807) is 0 Å². The highest BCUT2D eigenvalue weighted by molar-refractivity contribution is 9.10. The lowest BCUT2D eigenvalue weighted by Gasteiger charge is -2.26. The Kier molecular flexibility index (Phi) is 4.36. The normalized spacial score (nSPS) is 16.3. The van der Waals surface area contributed by atoms with E-state index in [0.29, 0.717) is 5.57 Å². The number of carbonyl (C=O) groups is 1. The van der Waals surface area contributed by atoms with Crippen molar-refractivity contribution in [3.05, 3.63) is 68.1 Å². The minimum absolute atomic E-state index is 0.390. The maximum atomic E-state index is 12.1. The van der Waals surface area contributed by atoms with E-state index in [1.807, 2.05) is 48.5 Å². The van der Waals surface area contributed by atoms with Gasteiger partial charge in [0.1, 0.15) is 5.75 Å². The molecule has 0 aromatic heterocycles. The molecular weight excluding hydrogens is 412 g/mol. The Morgan fingerprint density at radius 2 is 1.77 bits per heavy atom. The van der Waals surface area contributed by atoms with Crippen LogP contribution in [0.2, 0.25) is 0 Å². The molecule has 22 heavy (non-hydrogen) atoms. The van der Waals surface area contributed by atoms with Crippen LogP contribution in [-0.4, -0.2) is 13.1 Å². The number of esters is 1. The second-order valence-corrected chi connectivity index (χ2v) is 6.65. The van der Waals surface area contributed by atoms with Gasteiger partial charge < -0.3 is 9.47 Å². The molecule has 0 saturated carbocycles. The van der Waals surface area contributed by atoms with Gasteiger partial charge >= 0.3 is 5.97 Å². The van der Waals surface area contributed by atoms with E-state index in [9.17, 15) is 4.79 Å². The molecule has 2 aromatic rings. The van der Waals surface area contributed by atoms with Gasteiger partial charge in [-0.3, -0.25) is 0 Å². The van der Waals surface area contributed by atoms with Crippen LogP contribution in [0.1, 0.15) is 17.2 Å². The number of hydrogen-bond donors (Lipinski definition) is 0. The van der Waals surface area contributed by atoms with E-state index in [-0.39, 0.29) is 0 Å². The second-order valence-electron chi connectivity index (χ2n) is 4.82. The van der Waals surface area contributed by atoms with Crippen molar-refractivity contribution in [2.75, 3.05) is 7.11 Å². The molecule has 1 unspecified atom stereocenters. The third kappa shape index (κ3) is 2.96. The molecule has 112 valence electrons. The van der Waals surface area contributed by atoms with E-state index in [1.165, 1.54) is 7.11 Å². The molecule has 2 aromatic carbocycles. The van der Waals surface area contributed by atoms with Gasteiger partial charge in [-0.1, -0.05) is 44.0 Å². The molecule has 0 amide bonds. The van der Waals surface area contributed by atoms with Crippen molar-refractivity contribution in [3.63, 3.8) is 0 Å². The average Bonchev–Trinajstić information content (AvgIpc) is 2.53. The molecular formula is C17H12Br2O3. The Morgan fingerprint density at radius 3 is 2.45 bits per heavy atom. The smallest absolute Gasteiger partial charge is 0.337 e. The summed E-state index contributed by atoms with van der Waals surface area (Å²) >= 11 is 6.83. The summed E-state index contributed by atoms with van der Waals surface area (Å²) in [5.41, 5.74) is 2.23. The largest absolute Gasteiger partial charge is 0.480 e. The molecule has 0 spiro atoms. The summed E-state index contributed by atoms with van der Waals surface area (Å²) in [5, 5.41) is 0. The Balaban J connectivity index is 2.08. The Morgan fingerprint density at radius 1 is 1.09 bits per heavy atom. The van der Waals surface area contributed by atoms with Crippen LogP contribution in [0, 0.1) is 0 Å². The number of carbonyl (C=O) groups excluding carboxylic acids is 1. The Hall–Kier alpha value is -1.59. The van der Waals surface area contributed by atoms with Crippen LogP contribution in [0.5, 0.6) is 5.75 Å². The van der Waals surface area contributed by atoms with Crippen molar-refractivity contribution in [3.8, 4) is 5.75 Å². The zero-order valence-corrected chi connectivity index (χ0v) is 14.8. The third-order valence-corrected chi connectivity index (χ3v) is 4.43. The van der Waals surface area contributed by atoms with Crippen LogP contribution in [0.25, 0.3) is 6.08 Å². The summed E-state index contributed by atoms with van der Waals surface area (Å²) in [6.07, 6.45) is 1.34. The molecule has 1 aliphatic heterocycles. The first-order valence-electron chi connectivity index (χ1n) is 6.60. The summed E-state index contributed by atoms with van der Waals surface area (Å²) < 4.78 is 12.8. The first-order chi connectivity index (χ1) is 10.6. The molecule has 3 rings (SSSR count). The van der Waals surface area contributed by atoms with Crippen molar-refractivity contribution < 1.29 is 14.3 Å². The van der Waals surface area contributed by atoms with Crippen LogP contribution >= 0.6 is 31.9 Å². The molecule has 0 aliphatic carbocycles. The molecule has 0 radical (unpaired) electrons. The monoisotopic (exact) mass is 422 g/mol. The summed E-state index contributed by atoms with van der Waals surface area (Å²) in [5.74, 6) is 0.349. The predicted octanol–water partition coefficient (Wildman–Crippen LogP) is 4.90. The average molecular weight is 424 g/mol. The summed E-state index contributed by atoms with van der Waals surface area (Å²) in [4.78, 5) is 12.1. The van der Waals surface area contributed by atoms with Gasteiger partial charge in [-0.15, -0.1) is 0 Å². The van der Waals surface area contributed by atoms with Gasteiger partial charge in [0.05, 0.1) is 12.7 Å². The maximum absolute atomic E-state index is 12.1. The van der Waals surface area contributed by atoms with Gasteiger partial charge in [0.2, 0.25) is 0 Å². The van der Waals surface area contributed by atoms with E-state index < -0.39 is 12.1 Å². The van der Waals surface area contributed by atoms with Gasteiger partial charge in [0.15, 0.2) is 6.10 Å². The van der Waals surface area contributed by atoms with Gasteiger partial charge in [-0.2, -0.15) is 0 Å². The van der Waals surface area contributed by atoms with Crippen LogP contribution < -0.4 is 4.74 Å². The summed E-state index contributed by atoms with van der Waals surface area (Å²) in [6, 6.07) is 13.4. The highest BCUT2D eigenvalue weighted by Crippen LogP contribution is 2.39. The van der Waals surface area contributed by atoms with Crippen LogP contribution in [0.15, 0.2) is 57.0 Å². The van der Waals surface area contributed by atoms with E-state index in [4.69, 9.17) is 9.47 Å². The van der Waals surface area contributed by atoms with Crippen molar-refractivity contribution >= 4 is 43.9 Å². The van der Waals surface area contributed by atoms with Crippen LogP contribution in [-0.2, 0) is 9.53 Å². The molecule has 0 bridgehead atoms. The number of fused-ring (bicyclic) bond motifs is 1. The fraction of sp³-hybridized carbons (Fsp3) is 0.118. The zero-order valence-electron chi connectivity index (χ0n) is 11.7. The first kappa shape index (κ1) is 15.3. The second kappa shape index (κ2) is 6.26. The number of ether oxygens (including phenoxy) is 2. The standard InChI is InChI=1S/C17H12Br2O3/c1-21-17(20)14-9-11-8-13(19)6-7-15(11)22-16(14)10-2-4-12(18)5-3-10/h2-9,16H,1H3. The maximum Gasteiger partial charge on any atom is 0.337 e. The van der Waals surface area contributed by atoms with Gasteiger partial charge in [-0.05, 0) is 42.0 Å². The van der Waals surface area contributed by atoms with Crippen molar-refractivity contribution in [2.45, 2.75) is 6.10 Å². The van der Waals surface area contributed by atoms with Crippen molar-refractivity contribution in [1.82, 2.24) is 0 Å². The minimum Gasteiger partial charge on any atom is -0.480 e. The number of halogens is 2. The van der Waals surface area contributed by atoms with Gasteiger partial charge in [-0.25, -0.2) is 4.79 Å². The molecule has 1 atom stereocenters. The molecule has 1 heterocycles. The number of methoxy groups -OCH3 is 1. The van der Waals surface area contributed by atoms with E-state index in [0.717, 1.165) is 25.8 Å².